The maximum Gasteiger partial charge on any atom is 0.217 e. The monoisotopic (exact) mass is 408 g/mol. The molecule has 9 heteroatoms. The predicted octanol–water partition coefficient (Wildman–Crippen LogP) is 2.60. The van der Waals surface area contributed by atoms with Gasteiger partial charge in [0.05, 0.1) is 0 Å². The first-order chi connectivity index (χ1) is 11.7. The van der Waals surface area contributed by atoms with E-state index in [2.05, 4.69) is 24.1 Å². The molecule has 3 atom stereocenters. The Labute approximate surface area is 164 Å². The van der Waals surface area contributed by atoms with Gasteiger partial charge < -0.3 is 36.9 Å². The van der Waals surface area contributed by atoms with Gasteiger partial charge >= 0.3 is 0 Å². The van der Waals surface area contributed by atoms with E-state index in [1.807, 2.05) is 13.8 Å². The molecule has 162 valence electrons. The van der Waals surface area contributed by atoms with Crippen LogP contribution in [-0.4, -0.2) is 36.0 Å². The Hall–Kier alpha value is -0.760. The van der Waals surface area contributed by atoms with Crippen LogP contribution in [0.1, 0.15) is 60.3 Å². The van der Waals surface area contributed by atoms with Crippen LogP contribution < -0.4 is 27.4 Å². The molecule has 0 aromatic heterocycles. The highest BCUT2D eigenvalue weighted by Crippen LogP contribution is 2.45. The molecule has 8 nitrogen and oxygen atoms in total. The average Bonchev–Trinajstić information content (AvgIpc) is 2.55. The molecule has 27 heavy (non-hydrogen) atoms. The van der Waals surface area contributed by atoms with Gasteiger partial charge in [-0.25, -0.2) is 0 Å². The Morgan fingerprint density at radius 3 is 2.11 bits per heavy atom. The van der Waals surface area contributed by atoms with Crippen molar-refractivity contribution in [2.45, 2.75) is 72.4 Å². The molecule has 0 spiro atoms. The van der Waals surface area contributed by atoms with Gasteiger partial charge in [-0.3, -0.25) is 4.79 Å². The van der Waals surface area contributed by atoms with Gasteiger partial charge in [0.1, 0.15) is 0 Å². The number of hydrogen-bond donors (Lipinski definition) is 3. The molecule has 1 aliphatic rings. The van der Waals surface area contributed by atoms with Crippen molar-refractivity contribution in [1.29, 1.82) is 0 Å². The number of allylic oxidation sites excluding steroid dienone is 1. The molecule has 1 amide bonds. The summed E-state index contributed by atoms with van der Waals surface area (Å²) in [6.45, 7) is 11.4. The Kier molecular flexibility index (Phi) is 13.3. The summed E-state index contributed by atoms with van der Waals surface area (Å²) in [5.74, 6) is 0.362. The summed E-state index contributed by atoms with van der Waals surface area (Å²) >= 11 is 0. The number of quaternary nitrogens is 2. The van der Waals surface area contributed by atoms with Crippen LogP contribution in [0.4, 0.5) is 0 Å². The predicted molar refractivity (Wildman–Crippen MR) is 109 cm³/mol. The Morgan fingerprint density at radius 1 is 1.22 bits per heavy atom. The van der Waals surface area contributed by atoms with Crippen LogP contribution in [0.5, 0.6) is 0 Å². The van der Waals surface area contributed by atoms with Crippen LogP contribution in [0.25, 0.3) is 0 Å². The number of hydrogen-bond acceptors (Lipinski definition) is 5. The van der Waals surface area contributed by atoms with Gasteiger partial charge in [0.25, 0.3) is 0 Å². The van der Waals surface area contributed by atoms with E-state index in [0.717, 1.165) is 25.9 Å². The number of carbonyl (C=O) groups excluding carboxylic acids is 1. The first kappa shape index (κ1) is 28.4. The normalized spacial score (nSPS) is 21.1. The first-order valence-corrected chi connectivity index (χ1v) is 11.0. The number of nitrogens with zero attached hydrogens (tertiary/aromatic N) is 1. The van der Waals surface area contributed by atoms with Gasteiger partial charge in [-0.2, -0.15) is 0 Å². The van der Waals surface area contributed by atoms with E-state index >= 15 is 0 Å². The summed E-state index contributed by atoms with van der Waals surface area (Å²) in [5, 5.41) is 3.14. The lowest BCUT2D eigenvalue weighted by molar-refractivity contribution is -0.310. The molecule has 0 bridgehead atoms. The Balaban J connectivity index is 0. The fourth-order valence-corrected chi connectivity index (χ4v) is 4.93. The van der Waals surface area contributed by atoms with Gasteiger partial charge in [-0.1, -0.05) is 46.6 Å². The zero-order valence-corrected chi connectivity index (χ0v) is 19.1. The standard InChI is InChI=1S/C18H35N2O4P.2H3N/c1-6-14(7-2)18(19-13(5)21)16-11-10-15(25(22,23)24)12-17(16)20(8-3)9-4;;/h10,14,16-18H,6-9,11-12H2,1-5H3,(H,19,21)(H2,22,23,24);2*1H3/t16-,17+,18+;;/m1../s1. The molecule has 0 aromatic rings. The molecule has 0 heterocycles. The minimum absolute atomic E-state index is 0. The third-order valence-corrected chi connectivity index (χ3v) is 6.63. The number of rotatable bonds is 9. The smallest absolute Gasteiger partial charge is 0.217 e. The fourth-order valence-electron chi connectivity index (χ4n) is 4.19. The molecular formula is C18H41N4O4P. The average molecular weight is 409 g/mol. The minimum atomic E-state index is -4.71. The lowest BCUT2D eigenvalue weighted by Crippen LogP contribution is -2.54. The van der Waals surface area contributed by atoms with Crippen LogP contribution >= 0.6 is 7.60 Å². The topological polar surface area (TPSA) is 169 Å². The van der Waals surface area contributed by atoms with E-state index in [1.54, 1.807) is 6.08 Å². The van der Waals surface area contributed by atoms with E-state index in [0.29, 0.717) is 12.3 Å². The van der Waals surface area contributed by atoms with Crippen molar-refractivity contribution >= 4 is 13.5 Å². The van der Waals surface area contributed by atoms with E-state index in [9.17, 15) is 19.1 Å². The van der Waals surface area contributed by atoms with Crippen LogP contribution in [-0.2, 0) is 9.36 Å². The molecule has 0 aromatic carbocycles. The maximum absolute atomic E-state index is 11.8. The molecule has 0 radical (unpaired) electrons. The summed E-state index contributed by atoms with van der Waals surface area (Å²) in [4.78, 5) is 37.1. The molecule has 0 fully saturated rings. The minimum Gasteiger partial charge on any atom is -0.808 e. The van der Waals surface area contributed by atoms with Crippen LogP contribution in [0.2, 0.25) is 0 Å². The van der Waals surface area contributed by atoms with Gasteiger partial charge in [-0.15, -0.1) is 0 Å². The second-order valence-electron chi connectivity index (χ2n) is 6.89. The Morgan fingerprint density at radius 2 is 1.74 bits per heavy atom. The summed E-state index contributed by atoms with van der Waals surface area (Å²) in [7, 11) is -4.71. The molecule has 0 unspecified atom stereocenters. The Bertz CT molecular complexity index is 515. The molecular weight excluding hydrogens is 367 g/mol. The number of nitrogens with one attached hydrogen (secondary N) is 1. The summed E-state index contributed by atoms with van der Waals surface area (Å²) in [6.07, 6.45) is 4.23. The van der Waals surface area contributed by atoms with E-state index < -0.39 is 7.60 Å². The summed E-state index contributed by atoms with van der Waals surface area (Å²) in [5.41, 5.74) is 0. The van der Waals surface area contributed by atoms with Crippen LogP contribution in [0.3, 0.4) is 0 Å². The van der Waals surface area contributed by atoms with Crippen molar-refractivity contribution < 1.29 is 19.1 Å². The van der Waals surface area contributed by atoms with Crippen LogP contribution in [0, 0.1) is 11.8 Å². The SMILES string of the molecule is CCC(CC)[C@H](NC(C)=O)[C@@H]1CC=C(P(=O)([O-])[O-])C[C@@H]1N(CC)CC.[NH4+].[NH4+]. The van der Waals surface area contributed by atoms with Crippen molar-refractivity contribution in [3.8, 4) is 0 Å². The highest BCUT2D eigenvalue weighted by atomic mass is 31.2. The fraction of sp³-hybridized carbons (Fsp3) is 0.833. The largest absolute Gasteiger partial charge is 0.808 e. The molecule has 1 rings (SSSR count). The third kappa shape index (κ3) is 7.64. The van der Waals surface area contributed by atoms with Gasteiger partial charge in [0.2, 0.25) is 5.91 Å². The van der Waals surface area contributed by atoms with Crippen LogP contribution in [0.15, 0.2) is 11.4 Å². The zero-order chi connectivity index (χ0) is 19.2. The van der Waals surface area contributed by atoms with Crippen molar-refractivity contribution in [2.24, 2.45) is 11.8 Å². The number of amides is 1. The second-order valence-corrected chi connectivity index (χ2v) is 8.46. The van der Waals surface area contributed by atoms with E-state index in [-0.39, 0.29) is 47.9 Å². The highest BCUT2D eigenvalue weighted by Gasteiger charge is 2.38. The first-order valence-electron chi connectivity index (χ1n) is 9.42. The van der Waals surface area contributed by atoms with Gasteiger partial charge in [0, 0.05) is 19.0 Å². The summed E-state index contributed by atoms with van der Waals surface area (Å²) < 4.78 is 11.5. The lowest BCUT2D eigenvalue weighted by Gasteiger charge is -2.47. The molecule has 0 aliphatic heterocycles. The molecule has 0 saturated carbocycles. The number of carbonyl (C=O) groups is 1. The van der Waals surface area contributed by atoms with Gasteiger partial charge in [0.15, 0.2) is 0 Å². The highest BCUT2D eigenvalue weighted by molar-refractivity contribution is 7.53. The molecule has 9 N–H and O–H groups in total. The third-order valence-electron chi connectivity index (χ3n) is 5.56. The van der Waals surface area contributed by atoms with E-state index in [4.69, 9.17) is 0 Å². The van der Waals surface area contributed by atoms with Crippen molar-refractivity contribution in [2.75, 3.05) is 13.1 Å². The second kappa shape index (κ2) is 12.6. The van der Waals surface area contributed by atoms with E-state index in [1.165, 1.54) is 6.92 Å². The quantitative estimate of drug-likeness (QED) is 0.497. The summed E-state index contributed by atoms with van der Waals surface area (Å²) in [6, 6.07) is -0.0720. The lowest BCUT2D eigenvalue weighted by atomic mass is 9.75. The van der Waals surface area contributed by atoms with Gasteiger partial charge in [-0.05, 0) is 50.7 Å². The van der Waals surface area contributed by atoms with Crippen molar-refractivity contribution in [3.63, 3.8) is 0 Å². The zero-order valence-electron chi connectivity index (χ0n) is 18.2. The molecule has 1 aliphatic carbocycles. The van der Waals surface area contributed by atoms with Crippen molar-refractivity contribution in [3.05, 3.63) is 11.4 Å². The maximum atomic E-state index is 11.8. The van der Waals surface area contributed by atoms with Crippen molar-refractivity contribution in [1.82, 2.24) is 22.5 Å². The molecule has 0 saturated heterocycles.